The summed E-state index contributed by atoms with van der Waals surface area (Å²) in [6.07, 6.45) is 0. The van der Waals surface area contributed by atoms with Crippen molar-refractivity contribution in [2.75, 3.05) is 49.3 Å². The van der Waals surface area contributed by atoms with Crippen molar-refractivity contribution in [3.05, 3.63) is 30.4 Å². The Balaban J connectivity index is 2.76. The summed E-state index contributed by atoms with van der Waals surface area (Å²) in [5.74, 6) is -0.428. The normalized spacial score (nSPS) is 9.83. The second-order valence-electron chi connectivity index (χ2n) is 4.89. The largest absolute Gasteiger partial charge is 0.466 e. The summed E-state index contributed by atoms with van der Waals surface area (Å²) in [5, 5.41) is 3.01. The van der Waals surface area contributed by atoms with E-state index in [0.29, 0.717) is 30.8 Å². The van der Waals surface area contributed by atoms with E-state index in [0.717, 1.165) is 11.4 Å². The Labute approximate surface area is 136 Å². The van der Waals surface area contributed by atoms with Gasteiger partial charge in [0.15, 0.2) is 0 Å². The highest BCUT2D eigenvalue weighted by molar-refractivity contribution is 5.86. The lowest BCUT2D eigenvalue weighted by atomic mass is 10.2. The van der Waals surface area contributed by atoms with Gasteiger partial charge in [-0.15, -0.1) is 0 Å². The lowest BCUT2D eigenvalue weighted by molar-refractivity contribution is -0.138. The van der Waals surface area contributed by atoms with Crippen LogP contribution in [0.4, 0.5) is 17.1 Å². The number of nitrogen functional groups attached to an aromatic ring is 1. The third-order valence-electron chi connectivity index (χ3n) is 3.16. The molecular formula is C16H23N3O4. The molecule has 0 spiro atoms. The van der Waals surface area contributed by atoms with Crippen molar-refractivity contribution >= 4 is 29.5 Å². The predicted octanol–water partition coefficient (Wildman–Crippen LogP) is 1.41. The zero-order valence-corrected chi connectivity index (χ0v) is 13.5. The fraction of sp³-hybridized carbons (Fsp3) is 0.375. The second-order valence-corrected chi connectivity index (χ2v) is 4.89. The van der Waals surface area contributed by atoms with E-state index in [2.05, 4.69) is 11.9 Å². The van der Waals surface area contributed by atoms with Gasteiger partial charge < -0.3 is 25.4 Å². The van der Waals surface area contributed by atoms with Gasteiger partial charge >= 0.3 is 5.97 Å². The molecule has 0 saturated carbocycles. The quantitative estimate of drug-likeness (QED) is 0.221. The summed E-state index contributed by atoms with van der Waals surface area (Å²) in [6.45, 7) is 6.89. The number of nitrogens with one attached hydrogen (secondary N) is 1. The molecule has 23 heavy (non-hydrogen) atoms. The lowest BCUT2D eigenvalue weighted by Gasteiger charge is -2.25. The first-order valence-corrected chi connectivity index (χ1v) is 7.19. The van der Waals surface area contributed by atoms with Crippen LogP contribution in [0, 0.1) is 0 Å². The summed E-state index contributed by atoms with van der Waals surface area (Å²) >= 11 is 0. The Hall–Kier alpha value is -2.70. The van der Waals surface area contributed by atoms with Crippen molar-refractivity contribution in [1.82, 2.24) is 0 Å². The molecule has 3 N–H and O–H groups in total. The number of nitrogens with zero attached hydrogens (tertiary/aromatic N) is 1. The minimum Gasteiger partial charge on any atom is -0.466 e. The fourth-order valence-corrected chi connectivity index (χ4v) is 1.91. The molecule has 1 aromatic carbocycles. The number of hydrogen-bond acceptors (Lipinski definition) is 7. The van der Waals surface area contributed by atoms with E-state index in [1.165, 1.54) is 0 Å². The predicted molar refractivity (Wildman–Crippen MR) is 90.4 cm³/mol. The van der Waals surface area contributed by atoms with E-state index in [1.807, 2.05) is 17.0 Å². The van der Waals surface area contributed by atoms with Crippen LogP contribution >= 0.6 is 0 Å². The Morgan fingerprint density at radius 1 is 1.39 bits per heavy atom. The van der Waals surface area contributed by atoms with E-state index >= 15 is 0 Å². The van der Waals surface area contributed by atoms with Gasteiger partial charge in [0.05, 0.1) is 24.5 Å². The Bertz CT molecular complexity index is 560. The molecule has 1 aromatic rings. The monoisotopic (exact) mass is 321 g/mol. The first-order chi connectivity index (χ1) is 11.0. The molecule has 0 aliphatic heterocycles. The molecule has 0 amide bonds. The van der Waals surface area contributed by atoms with Gasteiger partial charge in [0.25, 0.3) is 6.47 Å². The van der Waals surface area contributed by atoms with Gasteiger partial charge in [0.2, 0.25) is 0 Å². The number of anilines is 3. The minimum absolute atomic E-state index is 0.200. The SMILES string of the molecule is C=C(C)C(=O)OCCN(CCOC=O)c1ccc(N)c(NC)c1. The van der Waals surface area contributed by atoms with Crippen molar-refractivity contribution in [1.29, 1.82) is 0 Å². The summed E-state index contributed by atoms with van der Waals surface area (Å²) in [5.41, 5.74) is 8.52. The van der Waals surface area contributed by atoms with Gasteiger partial charge in [0, 0.05) is 18.3 Å². The standard InChI is InChI=1S/C16H23N3O4/c1-12(2)16(21)23-9-7-19(6-8-22-11-20)13-4-5-14(17)15(10-13)18-3/h4-5,10-11,18H,1,6-9,17H2,2-3H3. The van der Waals surface area contributed by atoms with Crippen LogP contribution in [-0.2, 0) is 19.1 Å². The molecule has 0 bridgehead atoms. The molecule has 0 heterocycles. The van der Waals surface area contributed by atoms with Crippen LogP contribution in [-0.4, -0.2) is 45.8 Å². The molecule has 126 valence electrons. The number of rotatable bonds is 10. The molecule has 0 aliphatic rings. The van der Waals surface area contributed by atoms with Gasteiger partial charge in [-0.05, 0) is 25.1 Å². The van der Waals surface area contributed by atoms with Crippen LogP contribution < -0.4 is 16.0 Å². The third-order valence-corrected chi connectivity index (χ3v) is 3.16. The number of esters is 1. The third kappa shape index (κ3) is 5.90. The molecule has 0 aromatic heterocycles. The molecule has 0 atom stereocenters. The van der Waals surface area contributed by atoms with E-state index in [9.17, 15) is 9.59 Å². The highest BCUT2D eigenvalue weighted by Crippen LogP contribution is 2.25. The van der Waals surface area contributed by atoms with Gasteiger partial charge in [-0.2, -0.15) is 0 Å². The zero-order chi connectivity index (χ0) is 17.2. The van der Waals surface area contributed by atoms with Gasteiger partial charge in [-0.1, -0.05) is 6.58 Å². The number of benzene rings is 1. The smallest absolute Gasteiger partial charge is 0.333 e. The summed E-state index contributed by atoms with van der Waals surface area (Å²) in [4.78, 5) is 23.7. The topological polar surface area (TPSA) is 93.9 Å². The molecule has 1 rings (SSSR count). The maximum atomic E-state index is 11.4. The summed E-state index contributed by atoms with van der Waals surface area (Å²) in [6, 6.07) is 5.53. The Morgan fingerprint density at radius 3 is 2.70 bits per heavy atom. The molecule has 0 aliphatic carbocycles. The molecule has 7 heteroatoms. The number of nitrogens with two attached hydrogens (primary N) is 1. The van der Waals surface area contributed by atoms with Gasteiger partial charge in [-0.3, -0.25) is 4.79 Å². The Kier molecular flexibility index (Phi) is 7.45. The van der Waals surface area contributed by atoms with Crippen LogP contribution in [0.1, 0.15) is 6.92 Å². The molecule has 7 nitrogen and oxygen atoms in total. The fourth-order valence-electron chi connectivity index (χ4n) is 1.91. The molecule has 0 radical (unpaired) electrons. The van der Waals surface area contributed by atoms with E-state index in [4.69, 9.17) is 15.2 Å². The van der Waals surface area contributed by atoms with Crippen molar-refractivity contribution in [3.63, 3.8) is 0 Å². The lowest BCUT2D eigenvalue weighted by Crippen LogP contribution is -2.31. The maximum Gasteiger partial charge on any atom is 0.333 e. The van der Waals surface area contributed by atoms with Crippen LogP contribution in [0.15, 0.2) is 30.4 Å². The first-order valence-electron chi connectivity index (χ1n) is 7.19. The van der Waals surface area contributed by atoms with Crippen molar-refractivity contribution in [2.45, 2.75) is 6.92 Å². The minimum atomic E-state index is -0.428. The molecular weight excluding hydrogens is 298 g/mol. The van der Waals surface area contributed by atoms with E-state index in [1.54, 1.807) is 20.0 Å². The van der Waals surface area contributed by atoms with Crippen molar-refractivity contribution in [2.24, 2.45) is 0 Å². The molecule has 0 fully saturated rings. The van der Waals surface area contributed by atoms with Gasteiger partial charge in [-0.25, -0.2) is 4.79 Å². The van der Waals surface area contributed by atoms with Crippen LogP contribution in [0.25, 0.3) is 0 Å². The maximum absolute atomic E-state index is 11.4. The Morgan fingerprint density at radius 2 is 2.09 bits per heavy atom. The first kappa shape index (κ1) is 18.3. The number of carbonyl (C=O) groups excluding carboxylic acids is 2. The van der Waals surface area contributed by atoms with Crippen molar-refractivity contribution in [3.8, 4) is 0 Å². The van der Waals surface area contributed by atoms with Crippen LogP contribution in [0.2, 0.25) is 0 Å². The highest BCUT2D eigenvalue weighted by Gasteiger charge is 2.11. The average molecular weight is 321 g/mol. The molecule has 0 unspecified atom stereocenters. The highest BCUT2D eigenvalue weighted by atomic mass is 16.5. The van der Waals surface area contributed by atoms with E-state index < -0.39 is 5.97 Å². The number of hydrogen-bond donors (Lipinski definition) is 2. The van der Waals surface area contributed by atoms with Crippen LogP contribution in [0.3, 0.4) is 0 Å². The summed E-state index contributed by atoms with van der Waals surface area (Å²) < 4.78 is 9.86. The zero-order valence-electron chi connectivity index (χ0n) is 13.5. The van der Waals surface area contributed by atoms with E-state index in [-0.39, 0.29) is 13.2 Å². The number of ether oxygens (including phenoxy) is 2. The average Bonchev–Trinajstić information content (AvgIpc) is 2.53. The number of carbonyl (C=O) groups is 2. The van der Waals surface area contributed by atoms with Gasteiger partial charge in [0.1, 0.15) is 13.2 Å². The van der Waals surface area contributed by atoms with Crippen molar-refractivity contribution < 1.29 is 19.1 Å². The second kappa shape index (κ2) is 9.34. The van der Waals surface area contributed by atoms with Crippen LogP contribution in [0.5, 0.6) is 0 Å². The summed E-state index contributed by atoms with van der Waals surface area (Å²) in [7, 11) is 1.78. The molecule has 0 saturated heterocycles.